The highest BCUT2D eigenvalue weighted by Crippen LogP contribution is 2.33. The molecule has 4 rings (SSSR count). The van der Waals surface area contributed by atoms with E-state index in [1.54, 1.807) is 6.07 Å². The molecule has 33 heavy (non-hydrogen) atoms. The Morgan fingerprint density at radius 2 is 1.82 bits per heavy atom. The number of anilines is 1. The van der Waals surface area contributed by atoms with E-state index in [0.717, 1.165) is 0 Å². The van der Waals surface area contributed by atoms with Gasteiger partial charge in [-0.3, -0.25) is 9.52 Å². The van der Waals surface area contributed by atoms with Crippen molar-refractivity contribution in [3.8, 4) is 11.5 Å². The number of hydrogen-bond acceptors (Lipinski definition) is 8. The SMILES string of the molecule is COC(=O)c1cc(CNC(=O)c2ccco2)cc(NS(=O)(=O)c2ccc3c(c2)OCCO3)c1. The van der Waals surface area contributed by atoms with Crippen molar-refractivity contribution in [1.82, 2.24) is 5.32 Å². The van der Waals surface area contributed by atoms with Crippen LogP contribution in [0.3, 0.4) is 0 Å². The van der Waals surface area contributed by atoms with E-state index in [0.29, 0.717) is 30.3 Å². The number of methoxy groups -OCH3 is 1. The standard InChI is InChI=1S/C22H20N2O8S/c1-29-22(26)15-9-14(13-23-21(25)19-3-2-6-30-19)10-16(11-15)24-33(27,28)17-4-5-18-20(12-17)32-8-7-31-18/h2-6,9-12,24H,7-8,13H2,1H3,(H,23,25). The summed E-state index contributed by atoms with van der Waals surface area (Å²) in [4.78, 5) is 24.2. The maximum Gasteiger partial charge on any atom is 0.337 e. The minimum Gasteiger partial charge on any atom is -0.486 e. The topological polar surface area (TPSA) is 133 Å². The highest BCUT2D eigenvalue weighted by molar-refractivity contribution is 7.92. The van der Waals surface area contributed by atoms with E-state index in [9.17, 15) is 18.0 Å². The van der Waals surface area contributed by atoms with Gasteiger partial charge in [0.05, 0.1) is 29.5 Å². The van der Waals surface area contributed by atoms with E-state index < -0.39 is 21.9 Å². The van der Waals surface area contributed by atoms with Crippen molar-refractivity contribution >= 4 is 27.6 Å². The number of sulfonamides is 1. The second-order valence-corrected chi connectivity index (χ2v) is 8.66. The number of esters is 1. The Morgan fingerprint density at radius 1 is 1.03 bits per heavy atom. The fourth-order valence-corrected chi connectivity index (χ4v) is 4.23. The molecule has 2 aromatic carbocycles. The molecule has 2 N–H and O–H groups in total. The van der Waals surface area contributed by atoms with Gasteiger partial charge in [-0.2, -0.15) is 0 Å². The third kappa shape index (κ3) is 5.09. The van der Waals surface area contributed by atoms with Crippen LogP contribution in [0.25, 0.3) is 0 Å². The fraction of sp³-hybridized carbons (Fsp3) is 0.182. The van der Waals surface area contributed by atoms with Gasteiger partial charge in [0, 0.05) is 12.6 Å². The molecule has 3 aromatic rings. The van der Waals surface area contributed by atoms with Crippen LogP contribution in [0.15, 0.2) is 64.1 Å². The van der Waals surface area contributed by atoms with Crippen molar-refractivity contribution in [1.29, 1.82) is 0 Å². The largest absolute Gasteiger partial charge is 0.486 e. The summed E-state index contributed by atoms with van der Waals surface area (Å²) in [6, 6.07) is 11.7. The Kier molecular flexibility index (Phi) is 6.22. The number of carbonyl (C=O) groups excluding carboxylic acids is 2. The van der Waals surface area contributed by atoms with Crippen molar-refractivity contribution in [2.24, 2.45) is 0 Å². The molecular formula is C22H20N2O8S. The van der Waals surface area contributed by atoms with Gasteiger partial charge < -0.3 is 23.9 Å². The lowest BCUT2D eigenvalue weighted by molar-refractivity contribution is 0.0600. The number of furan rings is 1. The first-order chi connectivity index (χ1) is 15.9. The van der Waals surface area contributed by atoms with Crippen molar-refractivity contribution in [3.05, 3.63) is 71.7 Å². The van der Waals surface area contributed by atoms with Crippen molar-refractivity contribution in [2.45, 2.75) is 11.4 Å². The van der Waals surface area contributed by atoms with Crippen LogP contribution in [-0.4, -0.2) is 40.6 Å². The first-order valence-corrected chi connectivity index (χ1v) is 11.3. The average molecular weight is 472 g/mol. The van der Waals surface area contributed by atoms with Crippen LogP contribution in [0.4, 0.5) is 5.69 Å². The number of rotatable bonds is 7. The molecule has 1 aromatic heterocycles. The van der Waals surface area contributed by atoms with Crippen molar-refractivity contribution in [2.75, 3.05) is 25.0 Å². The Bertz CT molecular complexity index is 1290. The third-order valence-electron chi connectivity index (χ3n) is 4.69. The lowest BCUT2D eigenvalue weighted by atomic mass is 10.1. The number of carbonyl (C=O) groups is 2. The van der Waals surface area contributed by atoms with Gasteiger partial charge in [-0.15, -0.1) is 0 Å². The molecule has 11 heteroatoms. The molecule has 0 atom stereocenters. The molecule has 0 unspecified atom stereocenters. The van der Waals surface area contributed by atoms with Gasteiger partial charge in [0.2, 0.25) is 0 Å². The molecule has 0 fully saturated rings. The summed E-state index contributed by atoms with van der Waals surface area (Å²) in [7, 11) is -2.80. The summed E-state index contributed by atoms with van der Waals surface area (Å²) in [5.74, 6) is -0.203. The quantitative estimate of drug-likeness (QED) is 0.501. The van der Waals surface area contributed by atoms with E-state index in [1.165, 1.54) is 55.8 Å². The summed E-state index contributed by atoms with van der Waals surface area (Å²) in [6.45, 7) is 0.720. The molecule has 0 bridgehead atoms. The smallest absolute Gasteiger partial charge is 0.337 e. The van der Waals surface area contributed by atoms with Crippen LogP contribution in [0.2, 0.25) is 0 Å². The molecule has 1 amide bonds. The van der Waals surface area contributed by atoms with Crippen LogP contribution < -0.4 is 19.5 Å². The highest BCUT2D eigenvalue weighted by Gasteiger charge is 2.21. The first-order valence-electron chi connectivity index (χ1n) is 9.82. The predicted octanol–water partition coefficient (Wildman–Crippen LogP) is 2.57. The summed E-state index contributed by atoms with van der Waals surface area (Å²) >= 11 is 0. The van der Waals surface area contributed by atoms with Crippen LogP contribution in [0.1, 0.15) is 26.5 Å². The monoisotopic (exact) mass is 472 g/mol. The Labute approximate surface area is 189 Å². The van der Waals surface area contributed by atoms with E-state index in [4.69, 9.17) is 18.6 Å². The minimum absolute atomic E-state index is 0.0170. The molecule has 1 aliphatic heterocycles. The van der Waals surface area contributed by atoms with Crippen LogP contribution in [0.5, 0.6) is 11.5 Å². The number of ether oxygens (including phenoxy) is 3. The Morgan fingerprint density at radius 3 is 2.55 bits per heavy atom. The van der Waals surface area contributed by atoms with Gasteiger partial charge in [0.1, 0.15) is 13.2 Å². The molecule has 10 nitrogen and oxygen atoms in total. The second kappa shape index (κ2) is 9.25. The van der Waals surface area contributed by atoms with Gasteiger partial charge >= 0.3 is 5.97 Å². The molecule has 1 aliphatic rings. The maximum absolute atomic E-state index is 13.0. The van der Waals surface area contributed by atoms with Gasteiger partial charge in [-0.25, -0.2) is 13.2 Å². The highest BCUT2D eigenvalue weighted by atomic mass is 32.2. The number of hydrogen-bond donors (Lipinski definition) is 2. The Balaban J connectivity index is 1.58. The van der Waals surface area contributed by atoms with Crippen LogP contribution in [0, 0.1) is 0 Å². The van der Waals surface area contributed by atoms with Gasteiger partial charge in [-0.1, -0.05) is 0 Å². The normalized spacial score (nSPS) is 12.6. The number of benzene rings is 2. The second-order valence-electron chi connectivity index (χ2n) is 6.98. The molecule has 0 saturated heterocycles. The van der Waals surface area contributed by atoms with Gasteiger partial charge in [0.15, 0.2) is 17.3 Å². The predicted molar refractivity (Wildman–Crippen MR) is 116 cm³/mol. The zero-order chi connectivity index (χ0) is 23.4. The number of nitrogens with one attached hydrogen (secondary N) is 2. The van der Waals surface area contributed by atoms with Gasteiger partial charge in [-0.05, 0) is 48.0 Å². The van der Waals surface area contributed by atoms with Crippen molar-refractivity contribution in [3.63, 3.8) is 0 Å². The summed E-state index contributed by atoms with van der Waals surface area (Å²) < 4.78 is 49.1. The van der Waals surface area contributed by atoms with Crippen LogP contribution in [-0.2, 0) is 21.3 Å². The third-order valence-corrected chi connectivity index (χ3v) is 6.07. The molecule has 172 valence electrons. The zero-order valence-electron chi connectivity index (χ0n) is 17.5. The molecular weight excluding hydrogens is 452 g/mol. The first kappa shape index (κ1) is 22.2. The van der Waals surface area contributed by atoms with Gasteiger partial charge in [0.25, 0.3) is 15.9 Å². The number of amides is 1. The fourth-order valence-electron chi connectivity index (χ4n) is 3.17. The minimum atomic E-state index is -4.02. The Hall–Kier alpha value is -3.99. The lowest BCUT2D eigenvalue weighted by Gasteiger charge is -2.19. The van der Waals surface area contributed by atoms with E-state index >= 15 is 0 Å². The zero-order valence-corrected chi connectivity index (χ0v) is 18.3. The molecule has 0 saturated carbocycles. The summed E-state index contributed by atoms with van der Waals surface area (Å²) in [6.07, 6.45) is 1.37. The van der Waals surface area contributed by atoms with E-state index in [-0.39, 0.29) is 28.5 Å². The summed E-state index contributed by atoms with van der Waals surface area (Å²) in [5, 5.41) is 2.65. The molecule has 2 heterocycles. The number of fused-ring (bicyclic) bond motifs is 1. The van der Waals surface area contributed by atoms with Crippen LogP contribution >= 0.6 is 0 Å². The van der Waals surface area contributed by atoms with Crippen molar-refractivity contribution < 1.29 is 36.6 Å². The van der Waals surface area contributed by atoms with E-state index in [1.807, 2.05) is 0 Å². The lowest BCUT2D eigenvalue weighted by Crippen LogP contribution is -2.22. The molecule has 0 radical (unpaired) electrons. The van der Waals surface area contributed by atoms with E-state index in [2.05, 4.69) is 10.0 Å². The summed E-state index contributed by atoms with van der Waals surface area (Å²) in [5.41, 5.74) is 0.704. The maximum atomic E-state index is 13.0. The average Bonchev–Trinajstić information content (AvgIpc) is 3.36. The molecule has 0 aliphatic carbocycles. The molecule has 0 spiro atoms.